The van der Waals surface area contributed by atoms with E-state index in [2.05, 4.69) is 26.0 Å². The van der Waals surface area contributed by atoms with Crippen LogP contribution in [0, 0.1) is 11.3 Å². The van der Waals surface area contributed by atoms with Crippen LogP contribution in [0.3, 0.4) is 0 Å². The first-order valence-electron chi connectivity index (χ1n) is 9.24. The summed E-state index contributed by atoms with van der Waals surface area (Å²) in [6, 6.07) is 0.499. The fraction of sp³-hybridized carbons (Fsp3) is 0.778. The highest BCUT2D eigenvalue weighted by atomic mass is 127. The number of guanidine groups is 1. The highest BCUT2D eigenvalue weighted by Crippen LogP contribution is 2.62. The van der Waals surface area contributed by atoms with Crippen LogP contribution in [0.2, 0.25) is 0 Å². The average Bonchev–Trinajstić information content (AvgIpc) is 3.21. The predicted octanol–water partition coefficient (Wildman–Crippen LogP) is 3.09. The maximum atomic E-state index is 6.00. The Balaban J connectivity index is 0.00000196. The number of aromatic nitrogens is 1. The number of methoxy groups -OCH3 is 1. The number of fused-ring (bicyclic) bond motifs is 2. The molecule has 0 radical (unpaired) electrons. The number of rotatable bonds is 5. The SMILES string of the molecule is CN=C(NCc1csc(C(C)OC)n1)NC1C2CCOC2C12CCC2.I. The van der Waals surface area contributed by atoms with Crippen molar-refractivity contribution in [3.8, 4) is 0 Å². The number of aliphatic imine (C=N–C) groups is 1. The third-order valence-electron chi connectivity index (χ3n) is 6.26. The van der Waals surface area contributed by atoms with E-state index >= 15 is 0 Å². The second-order valence-corrected chi connectivity index (χ2v) is 8.32. The Morgan fingerprint density at radius 1 is 1.54 bits per heavy atom. The summed E-state index contributed by atoms with van der Waals surface area (Å²) < 4.78 is 11.3. The summed E-state index contributed by atoms with van der Waals surface area (Å²) in [5, 5.41) is 10.2. The normalized spacial score (nSPS) is 30.0. The second kappa shape index (κ2) is 8.28. The van der Waals surface area contributed by atoms with Gasteiger partial charge >= 0.3 is 0 Å². The number of hydrogen-bond acceptors (Lipinski definition) is 5. The molecule has 2 heterocycles. The number of hydrogen-bond donors (Lipinski definition) is 2. The Bertz CT molecular complexity index is 649. The van der Waals surface area contributed by atoms with Gasteiger partial charge in [-0.3, -0.25) is 4.99 Å². The van der Waals surface area contributed by atoms with Crippen molar-refractivity contribution in [3.63, 3.8) is 0 Å². The van der Waals surface area contributed by atoms with Crippen molar-refractivity contribution in [2.24, 2.45) is 16.3 Å². The van der Waals surface area contributed by atoms with E-state index in [0.29, 0.717) is 30.0 Å². The van der Waals surface area contributed by atoms with Crippen molar-refractivity contribution < 1.29 is 9.47 Å². The van der Waals surface area contributed by atoms with E-state index in [4.69, 9.17) is 9.47 Å². The zero-order valence-electron chi connectivity index (χ0n) is 15.7. The monoisotopic (exact) mass is 492 g/mol. The van der Waals surface area contributed by atoms with Crippen LogP contribution in [0.25, 0.3) is 0 Å². The van der Waals surface area contributed by atoms with Crippen LogP contribution in [0.4, 0.5) is 0 Å². The van der Waals surface area contributed by atoms with Crippen LogP contribution in [-0.2, 0) is 16.0 Å². The molecule has 1 aromatic heterocycles. The van der Waals surface area contributed by atoms with E-state index in [9.17, 15) is 0 Å². The summed E-state index contributed by atoms with van der Waals surface area (Å²) in [5.74, 6) is 1.52. The molecule has 3 aliphatic rings. The first kappa shape index (κ1) is 20.3. The lowest BCUT2D eigenvalue weighted by atomic mass is 9.46. The molecule has 1 spiro atoms. The van der Waals surface area contributed by atoms with Gasteiger partial charge in [0.05, 0.1) is 18.3 Å². The summed E-state index contributed by atoms with van der Waals surface area (Å²) in [4.78, 5) is 9.06. The molecule has 146 valence electrons. The molecule has 0 aromatic carbocycles. The lowest BCUT2D eigenvalue weighted by Gasteiger charge is -2.63. The molecule has 6 nitrogen and oxygen atoms in total. The quantitative estimate of drug-likeness (QED) is 0.376. The molecular formula is C18H29IN4O2S. The molecular weight excluding hydrogens is 463 g/mol. The average molecular weight is 492 g/mol. The van der Waals surface area contributed by atoms with Crippen molar-refractivity contribution in [1.82, 2.24) is 15.6 Å². The second-order valence-electron chi connectivity index (χ2n) is 7.43. The van der Waals surface area contributed by atoms with Gasteiger partial charge in [0.1, 0.15) is 11.1 Å². The van der Waals surface area contributed by atoms with Crippen LogP contribution in [0.15, 0.2) is 10.4 Å². The lowest BCUT2D eigenvalue weighted by Crippen LogP contribution is -2.72. The van der Waals surface area contributed by atoms with Crippen molar-refractivity contribution >= 4 is 41.3 Å². The molecule has 1 aromatic rings. The molecule has 2 aliphatic carbocycles. The van der Waals surface area contributed by atoms with Crippen molar-refractivity contribution in [2.75, 3.05) is 20.8 Å². The van der Waals surface area contributed by atoms with Gasteiger partial charge in [-0.05, 0) is 26.2 Å². The minimum atomic E-state index is 0. The predicted molar refractivity (Wildman–Crippen MR) is 114 cm³/mol. The number of nitrogens with one attached hydrogen (secondary N) is 2. The fourth-order valence-corrected chi connectivity index (χ4v) is 5.51. The molecule has 4 rings (SSSR count). The van der Waals surface area contributed by atoms with E-state index in [-0.39, 0.29) is 30.1 Å². The molecule has 1 saturated heterocycles. The molecule has 4 atom stereocenters. The summed E-state index contributed by atoms with van der Waals surface area (Å²) in [6.07, 6.45) is 5.60. The van der Waals surface area contributed by atoms with Gasteiger partial charge in [-0.2, -0.15) is 0 Å². The Labute approximate surface area is 176 Å². The number of ether oxygens (including phenoxy) is 2. The van der Waals surface area contributed by atoms with Gasteiger partial charge in [-0.25, -0.2) is 4.98 Å². The van der Waals surface area contributed by atoms with Crippen LogP contribution in [-0.4, -0.2) is 43.9 Å². The van der Waals surface area contributed by atoms with Crippen LogP contribution in [0.1, 0.15) is 49.4 Å². The number of thiazole rings is 1. The Morgan fingerprint density at radius 2 is 2.35 bits per heavy atom. The standard InChI is InChI=1S/C18H28N4O2S.HI/c1-11(23-3)16-21-12(10-25-16)9-20-17(19-2)22-14-13-5-8-24-15(13)18(14)6-4-7-18;/h10-11,13-15H,4-9H2,1-3H3,(H2,19,20,22);1H. The maximum Gasteiger partial charge on any atom is 0.191 e. The maximum absolute atomic E-state index is 6.00. The highest BCUT2D eigenvalue weighted by Gasteiger charge is 2.66. The van der Waals surface area contributed by atoms with Crippen molar-refractivity contribution in [2.45, 2.75) is 57.4 Å². The molecule has 0 bridgehead atoms. The van der Waals surface area contributed by atoms with Crippen molar-refractivity contribution in [1.29, 1.82) is 0 Å². The number of halogens is 1. The van der Waals surface area contributed by atoms with Gasteiger partial charge in [0.2, 0.25) is 0 Å². The molecule has 0 amide bonds. The fourth-order valence-electron chi connectivity index (χ4n) is 4.66. The molecule has 3 fully saturated rings. The molecule has 4 unspecified atom stereocenters. The minimum absolute atomic E-state index is 0. The van der Waals surface area contributed by atoms with Gasteiger partial charge in [-0.1, -0.05) is 6.42 Å². The lowest BCUT2D eigenvalue weighted by molar-refractivity contribution is -0.171. The van der Waals surface area contributed by atoms with Gasteiger partial charge in [0.25, 0.3) is 0 Å². The first-order valence-corrected chi connectivity index (χ1v) is 10.1. The zero-order valence-corrected chi connectivity index (χ0v) is 18.8. The Hall–Kier alpha value is -0.450. The van der Waals surface area contributed by atoms with Gasteiger partial charge in [0.15, 0.2) is 5.96 Å². The summed E-state index contributed by atoms with van der Waals surface area (Å²) in [7, 11) is 3.55. The topological polar surface area (TPSA) is 67.8 Å². The first-order chi connectivity index (χ1) is 12.2. The third kappa shape index (κ3) is 3.38. The van der Waals surface area contributed by atoms with E-state index in [1.165, 1.54) is 25.7 Å². The van der Waals surface area contributed by atoms with E-state index in [0.717, 1.165) is 23.3 Å². The summed E-state index contributed by atoms with van der Waals surface area (Å²) in [5.41, 5.74) is 1.39. The largest absolute Gasteiger partial charge is 0.377 e. The van der Waals surface area contributed by atoms with Crippen LogP contribution < -0.4 is 10.6 Å². The van der Waals surface area contributed by atoms with Crippen LogP contribution >= 0.6 is 35.3 Å². The van der Waals surface area contributed by atoms with E-state index in [1.54, 1.807) is 18.4 Å². The summed E-state index contributed by atoms with van der Waals surface area (Å²) >= 11 is 1.64. The zero-order chi connectivity index (χ0) is 17.4. The molecule has 2 saturated carbocycles. The summed E-state index contributed by atoms with van der Waals surface area (Å²) in [6.45, 7) is 3.61. The molecule has 1 aliphatic heterocycles. The molecule has 26 heavy (non-hydrogen) atoms. The van der Waals surface area contributed by atoms with Gasteiger partial charge in [0, 0.05) is 43.5 Å². The Morgan fingerprint density at radius 3 is 3.00 bits per heavy atom. The van der Waals surface area contributed by atoms with E-state index in [1.807, 2.05) is 14.0 Å². The highest BCUT2D eigenvalue weighted by molar-refractivity contribution is 14.0. The minimum Gasteiger partial charge on any atom is -0.377 e. The number of nitrogens with zero attached hydrogens (tertiary/aromatic N) is 2. The third-order valence-corrected chi connectivity index (χ3v) is 7.31. The Kier molecular flexibility index (Phi) is 6.46. The molecule has 8 heteroatoms. The molecule has 2 N–H and O–H groups in total. The van der Waals surface area contributed by atoms with Crippen LogP contribution in [0.5, 0.6) is 0 Å². The van der Waals surface area contributed by atoms with Crippen molar-refractivity contribution in [3.05, 3.63) is 16.1 Å². The van der Waals surface area contributed by atoms with Gasteiger partial charge < -0.3 is 20.1 Å². The smallest absolute Gasteiger partial charge is 0.191 e. The van der Waals surface area contributed by atoms with Gasteiger partial charge in [-0.15, -0.1) is 35.3 Å². The van der Waals surface area contributed by atoms with E-state index < -0.39 is 0 Å².